The number of ether oxygens (including phenoxy) is 1. The van der Waals surface area contributed by atoms with Gasteiger partial charge in [0, 0.05) is 18.2 Å². The van der Waals surface area contributed by atoms with Crippen LogP contribution in [0.15, 0.2) is 40.9 Å². The predicted molar refractivity (Wildman–Crippen MR) is 82.8 cm³/mol. The third kappa shape index (κ3) is 2.92. The van der Waals surface area contributed by atoms with Crippen LogP contribution in [0.3, 0.4) is 0 Å². The van der Waals surface area contributed by atoms with E-state index in [1.807, 2.05) is 36.4 Å². The first-order chi connectivity index (χ1) is 9.88. The SMILES string of the molecule is Cl.c1ccc(-c2cc(OC3CN4CCC3CC4)no2)cc1. The molecule has 0 aliphatic carbocycles. The van der Waals surface area contributed by atoms with E-state index in [9.17, 15) is 0 Å². The average molecular weight is 307 g/mol. The molecule has 3 aliphatic rings. The maximum Gasteiger partial charge on any atom is 0.255 e. The summed E-state index contributed by atoms with van der Waals surface area (Å²) >= 11 is 0. The number of rotatable bonds is 3. The minimum atomic E-state index is 0. The number of benzene rings is 1. The van der Waals surface area contributed by atoms with Crippen molar-refractivity contribution in [2.24, 2.45) is 5.92 Å². The molecule has 1 aromatic carbocycles. The second-order valence-corrected chi connectivity index (χ2v) is 5.69. The van der Waals surface area contributed by atoms with Crippen LogP contribution < -0.4 is 4.74 Å². The maximum atomic E-state index is 6.04. The van der Waals surface area contributed by atoms with Gasteiger partial charge in [-0.15, -0.1) is 12.4 Å². The molecule has 2 aromatic rings. The number of hydrogen-bond acceptors (Lipinski definition) is 4. The van der Waals surface area contributed by atoms with Gasteiger partial charge in [-0.25, -0.2) is 0 Å². The van der Waals surface area contributed by atoms with Crippen molar-refractivity contribution in [3.8, 4) is 17.2 Å². The van der Waals surface area contributed by atoms with Crippen molar-refractivity contribution >= 4 is 12.4 Å². The zero-order valence-electron chi connectivity index (χ0n) is 11.8. The van der Waals surface area contributed by atoms with Gasteiger partial charge in [0.2, 0.25) is 0 Å². The topological polar surface area (TPSA) is 38.5 Å². The lowest BCUT2D eigenvalue weighted by Crippen LogP contribution is -2.52. The molecular weight excluding hydrogens is 288 g/mol. The summed E-state index contributed by atoms with van der Waals surface area (Å²) in [5.41, 5.74) is 1.03. The highest BCUT2D eigenvalue weighted by Crippen LogP contribution is 2.31. The summed E-state index contributed by atoms with van der Waals surface area (Å²) in [5, 5.41) is 4.05. The van der Waals surface area contributed by atoms with Gasteiger partial charge >= 0.3 is 0 Å². The predicted octanol–water partition coefficient (Wildman–Crippen LogP) is 3.24. The number of nitrogens with zero attached hydrogens (tertiary/aromatic N) is 2. The number of hydrogen-bond donors (Lipinski definition) is 0. The molecule has 1 aromatic heterocycles. The first kappa shape index (κ1) is 14.4. The molecule has 2 bridgehead atoms. The van der Waals surface area contributed by atoms with Gasteiger partial charge in [0.25, 0.3) is 5.88 Å². The Labute approximate surface area is 130 Å². The van der Waals surface area contributed by atoms with Crippen molar-refractivity contribution in [2.75, 3.05) is 19.6 Å². The zero-order valence-corrected chi connectivity index (χ0v) is 12.6. The van der Waals surface area contributed by atoms with Crippen LogP contribution in [0.1, 0.15) is 12.8 Å². The molecule has 0 amide bonds. The van der Waals surface area contributed by atoms with E-state index in [1.54, 1.807) is 0 Å². The van der Waals surface area contributed by atoms with Crippen molar-refractivity contribution in [1.29, 1.82) is 0 Å². The Kier molecular flexibility index (Phi) is 4.17. The minimum absolute atomic E-state index is 0. The Morgan fingerprint density at radius 2 is 1.90 bits per heavy atom. The Hall–Kier alpha value is -1.52. The summed E-state index contributed by atoms with van der Waals surface area (Å²) in [6.45, 7) is 3.47. The highest BCUT2D eigenvalue weighted by Gasteiger charge is 2.36. The van der Waals surface area contributed by atoms with Crippen LogP contribution in [-0.4, -0.2) is 35.8 Å². The molecule has 4 nitrogen and oxygen atoms in total. The van der Waals surface area contributed by atoms with Gasteiger partial charge in [0.1, 0.15) is 6.10 Å². The lowest BCUT2D eigenvalue weighted by molar-refractivity contribution is -0.0113. The first-order valence-corrected chi connectivity index (χ1v) is 7.29. The van der Waals surface area contributed by atoms with Crippen molar-refractivity contribution in [1.82, 2.24) is 10.1 Å². The van der Waals surface area contributed by atoms with E-state index in [1.165, 1.54) is 25.9 Å². The van der Waals surface area contributed by atoms with Crippen molar-refractivity contribution in [3.05, 3.63) is 36.4 Å². The van der Waals surface area contributed by atoms with E-state index in [0.29, 0.717) is 11.8 Å². The van der Waals surface area contributed by atoms with Gasteiger partial charge in [-0.3, -0.25) is 4.90 Å². The molecule has 1 unspecified atom stereocenters. The Morgan fingerprint density at radius 3 is 2.57 bits per heavy atom. The number of halogens is 1. The first-order valence-electron chi connectivity index (χ1n) is 7.29. The van der Waals surface area contributed by atoms with Crippen LogP contribution in [0.25, 0.3) is 11.3 Å². The largest absolute Gasteiger partial charge is 0.471 e. The van der Waals surface area contributed by atoms with Crippen molar-refractivity contribution in [3.63, 3.8) is 0 Å². The van der Waals surface area contributed by atoms with Crippen LogP contribution in [0.2, 0.25) is 0 Å². The van der Waals surface area contributed by atoms with Crippen molar-refractivity contribution in [2.45, 2.75) is 18.9 Å². The standard InChI is InChI=1S/C16H18N2O2.ClH/c1-2-4-12(5-3-1)14-10-16(17-20-14)19-15-11-18-8-6-13(15)7-9-18;/h1-5,10,13,15H,6-9,11H2;1H. The quantitative estimate of drug-likeness (QED) is 0.872. The second kappa shape index (κ2) is 6.08. The lowest BCUT2D eigenvalue weighted by atomic mass is 9.86. The summed E-state index contributed by atoms with van der Waals surface area (Å²) in [6, 6.07) is 11.9. The zero-order chi connectivity index (χ0) is 13.4. The summed E-state index contributed by atoms with van der Waals surface area (Å²) in [6.07, 6.45) is 2.76. The smallest absolute Gasteiger partial charge is 0.255 e. The average Bonchev–Trinajstić information content (AvgIpc) is 2.98. The molecule has 5 rings (SSSR count). The summed E-state index contributed by atoms with van der Waals surface area (Å²) in [4.78, 5) is 2.48. The lowest BCUT2D eigenvalue weighted by Gasteiger charge is -2.43. The van der Waals surface area contributed by atoms with Crippen LogP contribution in [0.4, 0.5) is 0 Å². The Bertz CT molecular complexity index is 579. The van der Waals surface area contributed by atoms with Crippen LogP contribution in [0, 0.1) is 5.92 Å². The molecule has 3 saturated heterocycles. The molecular formula is C16H19ClN2O2. The third-order valence-corrected chi connectivity index (χ3v) is 4.42. The normalized spacial score (nSPS) is 27.1. The highest BCUT2D eigenvalue weighted by molar-refractivity contribution is 5.85. The van der Waals surface area contributed by atoms with Gasteiger partial charge in [-0.05, 0) is 37.0 Å². The second-order valence-electron chi connectivity index (χ2n) is 5.69. The minimum Gasteiger partial charge on any atom is -0.471 e. The molecule has 112 valence electrons. The molecule has 3 aliphatic heterocycles. The van der Waals surface area contributed by atoms with Gasteiger partial charge < -0.3 is 9.26 Å². The number of fused-ring (bicyclic) bond motifs is 3. The molecule has 4 heterocycles. The van der Waals surface area contributed by atoms with Crippen molar-refractivity contribution < 1.29 is 9.26 Å². The van der Waals surface area contributed by atoms with Crippen LogP contribution in [0.5, 0.6) is 5.88 Å². The summed E-state index contributed by atoms with van der Waals surface area (Å²) in [7, 11) is 0. The fourth-order valence-corrected chi connectivity index (χ4v) is 3.25. The monoisotopic (exact) mass is 306 g/mol. The number of aromatic nitrogens is 1. The highest BCUT2D eigenvalue weighted by atomic mass is 35.5. The van der Waals surface area contributed by atoms with E-state index in [-0.39, 0.29) is 18.5 Å². The Balaban J connectivity index is 0.00000132. The van der Waals surface area contributed by atoms with Gasteiger partial charge in [0.05, 0.1) is 0 Å². The van der Waals surface area contributed by atoms with E-state index in [4.69, 9.17) is 9.26 Å². The van der Waals surface area contributed by atoms with E-state index >= 15 is 0 Å². The van der Waals surface area contributed by atoms with Crippen LogP contribution >= 0.6 is 12.4 Å². The fourth-order valence-electron chi connectivity index (χ4n) is 3.25. The maximum absolute atomic E-state index is 6.04. The molecule has 0 spiro atoms. The van der Waals surface area contributed by atoms with Crippen LogP contribution in [-0.2, 0) is 0 Å². The molecule has 3 fully saturated rings. The molecule has 0 saturated carbocycles. The molecule has 1 atom stereocenters. The third-order valence-electron chi connectivity index (χ3n) is 4.42. The molecule has 0 radical (unpaired) electrons. The van der Waals surface area contributed by atoms with E-state index in [0.717, 1.165) is 17.9 Å². The number of piperidine rings is 3. The summed E-state index contributed by atoms with van der Waals surface area (Å²) in [5.74, 6) is 2.06. The molecule has 21 heavy (non-hydrogen) atoms. The van der Waals surface area contributed by atoms with E-state index in [2.05, 4.69) is 10.1 Å². The molecule has 0 N–H and O–H groups in total. The van der Waals surface area contributed by atoms with Gasteiger partial charge in [-0.1, -0.05) is 30.3 Å². The van der Waals surface area contributed by atoms with E-state index < -0.39 is 0 Å². The van der Waals surface area contributed by atoms with Gasteiger partial charge in [0.15, 0.2) is 5.76 Å². The summed E-state index contributed by atoms with van der Waals surface area (Å²) < 4.78 is 11.4. The fraction of sp³-hybridized carbons (Fsp3) is 0.438. The Morgan fingerprint density at radius 1 is 1.14 bits per heavy atom. The van der Waals surface area contributed by atoms with Gasteiger partial charge in [-0.2, -0.15) is 0 Å². The molecule has 5 heteroatoms.